The first-order valence-corrected chi connectivity index (χ1v) is 8.88. The van der Waals surface area contributed by atoms with Gasteiger partial charge in [0.2, 0.25) is 0 Å². The molecule has 1 unspecified atom stereocenters. The van der Waals surface area contributed by atoms with Crippen molar-refractivity contribution in [3.8, 4) is 0 Å². The van der Waals surface area contributed by atoms with Gasteiger partial charge in [0.25, 0.3) is 0 Å². The Morgan fingerprint density at radius 3 is 2.71 bits per heavy atom. The summed E-state index contributed by atoms with van der Waals surface area (Å²) in [5.74, 6) is 0.850. The quantitative estimate of drug-likeness (QED) is 0.420. The van der Waals surface area contributed by atoms with Crippen LogP contribution in [0.2, 0.25) is 0 Å². The second-order valence-electron chi connectivity index (χ2n) is 7.02. The van der Waals surface area contributed by atoms with Gasteiger partial charge < -0.3 is 25.0 Å². The van der Waals surface area contributed by atoms with Gasteiger partial charge in [0.15, 0.2) is 5.96 Å². The van der Waals surface area contributed by atoms with Gasteiger partial charge in [-0.1, -0.05) is 13.3 Å². The molecule has 0 radical (unpaired) electrons. The van der Waals surface area contributed by atoms with E-state index in [1.807, 2.05) is 20.8 Å². The van der Waals surface area contributed by atoms with Crippen LogP contribution in [0, 0.1) is 0 Å². The van der Waals surface area contributed by atoms with Crippen molar-refractivity contribution < 1.29 is 14.3 Å². The minimum atomic E-state index is -0.474. The number of likely N-dealkylation sites (tertiary alicyclic amines) is 1. The summed E-state index contributed by atoms with van der Waals surface area (Å²) < 4.78 is 10.8. The normalized spacial score (nSPS) is 18.6. The maximum Gasteiger partial charge on any atom is 0.407 e. The summed E-state index contributed by atoms with van der Waals surface area (Å²) >= 11 is 0. The molecule has 1 saturated heterocycles. The molecule has 1 atom stereocenters. The van der Waals surface area contributed by atoms with Crippen molar-refractivity contribution in [3.63, 3.8) is 0 Å². The van der Waals surface area contributed by atoms with E-state index in [0.717, 1.165) is 51.5 Å². The molecule has 24 heavy (non-hydrogen) atoms. The van der Waals surface area contributed by atoms with E-state index in [1.165, 1.54) is 0 Å². The molecule has 0 aromatic rings. The van der Waals surface area contributed by atoms with Crippen LogP contribution in [0.3, 0.4) is 0 Å². The Kier molecular flexibility index (Phi) is 8.89. The van der Waals surface area contributed by atoms with Gasteiger partial charge >= 0.3 is 6.09 Å². The minimum absolute atomic E-state index is 0.0826. The predicted molar refractivity (Wildman–Crippen MR) is 96.4 cm³/mol. The third kappa shape index (κ3) is 8.38. The SMILES string of the molecule is CCCCOCCNC(=NC)N1CCC(NC(=O)OC(C)(C)C)C1. The first kappa shape index (κ1) is 20.5. The number of unbranched alkanes of at least 4 members (excludes halogenated alkanes) is 1. The van der Waals surface area contributed by atoms with E-state index >= 15 is 0 Å². The standard InChI is InChI=1S/C17H34N4O3/c1-6-7-11-23-12-9-19-15(18-5)21-10-8-14(13-21)20-16(22)24-17(2,3)4/h14H,6-13H2,1-5H3,(H,18,19)(H,20,22). The van der Waals surface area contributed by atoms with Crippen molar-refractivity contribution in [2.75, 3.05) is 39.9 Å². The van der Waals surface area contributed by atoms with Crippen molar-refractivity contribution >= 4 is 12.1 Å². The van der Waals surface area contributed by atoms with Crippen LogP contribution in [-0.2, 0) is 9.47 Å². The zero-order valence-corrected chi connectivity index (χ0v) is 15.9. The highest BCUT2D eigenvalue weighted by molar-refractivity contribution is 5.80. The van der Waals surface area contributed by atoms with Crippen molar-refractivity contribution in [1.29, 1.82) is 0 Å². The minimum Gasteiger partial charge on any atom is -0.444 e. The molecule has 0 spiro atoms. The monoisotopic (exact) mass is 342 g/mol. The Bertz CT molecular complexity index is 407. The number of nitrogens with zero attached hydrogens (tertiary/aromatic N) is 2. The summed E-state index contributed by atoms with van der Waals surface area (Å²) in [6, 6.07) is 0.0826. The maximum absolute atomic E-state index is 11.8. The lowest BCUT2D eigenvalue weighted by atomic mass is 10.2. The summed E-state index contributed by atoms with van der Waals surface area (Å²) in [5, 5.41) is 6.23. The molecule has 0 bridgehead atoms. The Morgan fingerprint density at radius 2 is 2.08 bits per heavy atom. The van der Waals surface area contributed by atoms with Gasteiger partial charge in [-0.2, -0.15) is 0 Å². The molecule has 2 N–H and O–H groups in total. The molecule has 1 aliphatic rings. The van der Waals surface area contributed by atoms with Crippen LogP contribution in [0.15, 0.2) is 4.99 Å². The Hall–Kier alpha value is -1.50. The molecule has 1 aliphatic heterocycles. The average Bonchev–Trinajstić information content (AvgIpc) is 2.92. The number of carbonyl (C=O) groups is 1. The first-order chi connectivity index (χ1) is 11.4. The molecular formula is C17H34N4O3. The molecule has 0 aromatic heterocycles. The molecule has 140 valence electrons. The van der Waals surface area contributed by atoms with Crippen molar-refractivity contribution in [3.05, 3.63) is 0 Å². The zero-order chi connectivity index (χ0) is 18.0. The lowest BCUT2D eigenvalue weighted by molar-refractivity contribution is 0.0507. The highest BCUT2D eigenvalue weighted by Gasteiger charge is 2.27. The summed E-state index contributed by atoms with van der Waals surface area (Å²) in [4.78, 5) is 18.3. The van der Waals surface area contributed by atoms with Gasteiger partial charge in [-0.25, -0.2) is 4.79 Å². The van der Waals surface area contributed by atoms with E-state index in [-0.39, 0.29) is 12.1 Å². The third-order valence-electron chi connectivity index (χ3n) is 3.59. The van der Waals surface area contributed by atoms with E-state index in [2.05, 4.69) is 27.4 Å². The maximum atomic E-state index is 11.8. The third-order valence-corrected chi connectivity index (χ3v) is 3.59. The number of aliphatic imine (C=N–C) groups is 1. The number of hydrogen-bond acceptors (Lipinski definition) is 4. The molecule has 1 rings (SSSR count). The van der Waals surface area contributed by atoms with Gasteiger partial charge in [-0.15, -0.1) is 0 Å². The lowest BCUT2D eigenvalue weighted by Gasteiger charge is -2.23. The van der Waals surface area contributed by atoms with Crippen molar-refractivity contribution in [2.45, 2.75) is 58.6 Å². The Balaban J connectivity index is 2.28. The summed E-state index contributed by atoms with van der Waals surface area (Å²) in [6.07, 6.45) is 2.77. The lowest BCUT2D eigenvalue weighted by Crippen LogP contribution is -2.44. The van der Waals surface area contributed by atoms with Crippen LogP contribution in [0.4, 0.5) is 4.79 Å². The van der Waals surface area contributed by atoms with E-state index in [9.17, 15) is 4.79 Å². The van der Waals surface area contributed by atoms with Crippen LogP contribution in [0.1, 0.15) is 47.0 Å². The number of ether oxygens (including phenoxy) is 2. The van der Waals surface area contributed by atoms with Crippen molar-refractivity contribution in [1.82, 2.24) is 15.5 Å². The highest BCUT2D eigenvalue weighted by Crippen LogP contribution is 2.11. The first-order valence-electron chi connectivity index (χ1n) is 8.88. The average molecular weight is 342 g/mol. The summed E-state index contributed by atoms with van der Waals surface area (Å²) in [7, 11) is 1.77. The number of alkyl carbamates (subject to hydrolysis) is 1. The summed E-state index contributed by atoms with van der Waals surface area (Å²) in [6.45, 7) is 11.5. The van der Waals surface area contributed by atoms with Gasteiger partial charge in [0.1, 0.15) is 5.60 Å². The molecule has 7 nitrogen and oxygen atoms in total. The molecule has 1 heterocycles. The largest absolute Gasteiger partial charge is 0.444 e. The number of amides is 1. The van der Waals surface area contributed by atoms with Crippen LogP contribution in [0.25, 0.3) is 0 Å². The Labute approximate surface area is 146 Å². The van der Waals surface area contributed by atoms with Crippen LogP contribution in [-0.4, -0.2) is 68.5 Å². The molecule has 0 aliphatic carbocycles. The predicted octanol–water partition coefficient (Wildman–Crippen LogP) is 1.98. The second-order valence-corrected chi connectivity index (χ2v) is 7.02. The van der Waals surface area contributed by atoms with E-state index in [0.29, 0.717) is 6.61 Å². The Morgan fingerprint density at radius 1 is 1.33 bits per heavy atom. The van der Waals surface area contributed by atoms with Crippen LogP contribution in [0.5, 0.6) is 0 Å². The number of rotatable bonds is 7. The highest BCUT2D eigenvalue weighted by atomic mass is 16.6. The zero-order valence-electron chi connectivity index (χ0n) is 15.9. The van der Waals surface area contributed by atoms with E-state index < -0.39 is 5.60 Å². The van der Waals surface area contributed by atoms with Crippen LogP contribution < -0.4 is 10.6 Å². The molecule has 1 fully saturated rings. The topological polar surface area (TPSA) is 75.2 Å². The van der Waals surface area contributed by atoms with Gasteiger partial charge in [-0.3, -0.25) is 4.99 Å². The fraction of sp³-hybridized carbons (Fsp3) is 0.882. The molecule has 0 saturated carbocycles. The number of nitrogens with one attached hydrogen (secondary N) is 2. The number of guanidine groups is 1. The second kappa shape index (κ2) is 10.4. The fourth-order valence-electron chi connectivity index (χ4n) is 2.46. The van der Waals surface area contributed by atoms with Gasteiger partial charge in [0.05, 0.1) is 12.6 Å². The van der Waals surface area contributed by atoms with Gasteiger partial charge in [0, 0.05) is 33.3 Å². The van der Waals surface area contributed by atoms with Crippen molar-refractivity contribution in [2.24, 2.45) is 4.99 Å². The van der Waals surface area contributed by atoms with Gasteiger partial charge in [-0.05, 0) is 33.6 Å². The fourth-order valence-corrected chi connectivity index (χ4v) is 2.46. The van der Waals surface area contributed by atoms with E-state index in [1.54, 1.807) is 7.05 Å². The summed E-state index contributed by atoms with van der Waals surface area (Å²) in [5.41, 5.74) is -0.474. The molecule has 1 amide bonds. The molecule has 0 aromatic carbocycles. The van der Waals surface area contributed by atoms with E-state index in [4.69, 9.17) is 9.47 Å². The smallest absolute Gasteiger partial charge is 0.407 e. The van der Waals surface area contributed by atoms with Crippen LogP contribution >= 0.6 is 0 Å². The number of hydrogen-bond donors (Lipinski definition) is 2. The number of carbonyl (C=O) groups excluding carboxylic acids is 1. The molecular weight excluding hydrogens is 308 g/mol. The molecule has 7 heteroatoms.